The number of benzene rings is 1. The molecular formula is C13H19NO. The van der Waals surface area contributed by atoms with Crippen molar-refractivity contribution in [1.29, 1.82) is 0 Å². The summed E-state index contributed by atoms with van der Waals surface area (Å²) >= 11 is 0. The maximum Gasteiger partial charge on any atom is 0.0681 e. The normalized spacial score (nSPS) is 15.4. The van der Waals surface area contributed by atoms with E-state index in [1.807, 2.05) is 6.07 Å². The number of hydrogen-bond acceptors (Lipinski definition) is 2. The second kappa shape index (κ2) is 4.23. The van der Waals surface area contributed by atoms with Crippen LogP contribution < -0.4 is 4.90 Å². The molecule has 1 aromatic rings. The maximum absolute atomic E-state index is 9.06. The summed E-state index contributed by atoms with van der Waals surface area (Å²) in [6.07, 6.45) is 2.66. The Hall–Kier alpha value is -1.02. The molecule has 1 aliphatic carbocycles. The van der Waals surface area contributed by atoms with Gasteiger partial charge in [-0.05, 0) is 43.9 Å². The molecule has 1 N–H and O–H groups in total. The smallest absolute Gasteiger partial charge is 0.0681 e. The summed E-state index contributed by atoms with van der Waals surface area (Å²) in [4.78, 5) is 2.47. The molecule has 1 saturated carbocycles. The zero-order chi connectivity index (χ0) is 10.8. The van der Waals surface area contributed by atoms with Crippen molar-refractivity contribution in [3.63, 3.8) is 0 Å². The lowest BCUT2D eigenvalue weighted by atomic mass is 10.1. The molecular weight excluding hydrogens is 186 g/mol. The van der Waals surface area contributed by atoms with Gasteiger partial charge in [0.05, 0.1) is 6.61 Å². The zero-order valence-corrected chi connectivity index (χ0v) is 9.53. The Balaban J connectivity index is 2.26. The lowest BCUT2D eigenvalue weighted by Crippen LogP contribution is -2.25. The van der Waals surface area contributed by atoms with Gasteiger partial charge in [0.25, 0.3) is 0 Å². The van der Waals surface area contributed by atoms with Crippen molar-refractivity contribution in [3.05, 3.63) is 29.3 Å². The zero-order valence-electron chi connectivity index (χ0n) is 9.53. The second-order valence-corrected chi connectivity index (χ2v) is 4.30. The first-order valence-corrected chi connectivity index (χ1v) is 5.73. The first kappa shape index (κ1) is 10.5. The lowest BCUT2D eigenvalue weighted by Gasteiger charge is -2.25. The molecule has 0 spiro atoms. The molecule has 0 saturated heterocycles. The third kappa shape index (κ3) is 2.15. The summed E-state index contributed by atoms with van der Waals surface area (Å²) in [5, 5.41) is 9.06. The Bertz CT molecular complexity index is 344. The van der Waals surface area contributed by atoms with E-state index in [0.29, 0.717) is 0 Å². The van der Waals surface area contributed by atoms with Crippen LogP contribution in [0.4, 0.5) is 5.69 Å². The number of rotatable bonds is 4. The molecule has 0 heterocycles. The minimum Gasteiger partial charge on any atom is -0.392 e. The van der Waals surface area contributed by atoms with Gasteiger partial charge in [0, 0.05) is 18.3 Å². The highest BCUT2D eigenvalue weighted by molar-refractivity contribution is 5.56. The van der Waals surface area contributed by atoms with E-state index in [0.717, 1.165) is 18.2 Å². The predicted octanol–water partition coefficient (Wildman–Crippen LogP) is 2.48. The minimum atomic E-state index is 0.136. The third-order valence-corrected chi connectivity index (χ3v) is 3.08. The third-order valence-electron chi connectivity index (χ3n) is 3.08. The van der Waals surface area contributed by atoms with Crippen LogP contribution in [-0.4, -0.2) is 17.7 Å². The van der Waals surface area contributed by atoms with E-state index < -0.39 is 0 Å². The van der Waals surface area contributed by atoms with Crippen LogP contribution in [0.15, 0.2) is 18.2 Å². The van der Waals surface area contributed by atoms with Crippen LogP contribution in [0.25, 0.3) is 0 Å². The summed E-state index contributed by atoms with van der Waals surface area (Å²) in [7, 11) is 0. The van der Waals surface area contributed by atoms with Crippen molar-refractivity contribution in [2.45, 2.75) is 39.3 Å². The van der Waals surface area contributed by atoms with E-state index in [4.69, 9.17) is 5.11 Å². The van der Waals surface area contributed by atoms with E-state index >= 15 is 0 Å². The van der Waals surface area contributed by atoms with Crippen LogP contribution in [0, 0.1) is 6.92 Å². The fourth-order valence-electron chi connectivity index (χ4n) is 2.15. The van der Waals surface area contributed by atoms with E-state index in [1.165, 1.54) is 24.1 Å². The molecule has 82 valence electrons. The van der Waals surface area contributed by atoms with Gasteiger partial charge in [0.2, 0.25) is 0 Å². The molecule has 1 fully saturated rings. The van der Waals surface area contributed by atoms with E-state index in [9.17, 15) is 0 Å². The van der Waals surface area contributed by atoms with Gasteiger partial charge in [-0.2, -0.15) is 0 Å². The van der Waals surface area contributed by atoms with Gasteiger partial charge >= 0.3 is 0 Å². The quantitative estimate of drug-likeness (QED) is 0.816. The predicted molar refractivity (Wildman–Crippen MR) is 63.1 cm³/mol. The molecule has 15 heavy (non-hydrogen) atoms. The van der Waals surface area contributed by atoms with Crippen molar-refractivity contribution in [2.24, 2.45) is 0 Å². The van der Waals surface area contributed by atoms with Crippen molar-refractivity contribution in [1.82, 2.24) is 0 Å². The first-order chi connectivity index (χ1) is 7.26. The van der Waals surface area contributed by atoms with Crippen molar-refractivity contribution >= 4 is 5.69 Å². The number of aliphatic hydroxyl groups is 1. The summed E-state index contributed by atoms with van der Waals surface area (Å²) in [5.74, 6) is 0. The Morgan fingerprint density at radius 2 is 2.13 bits per heavy atom. The molecule has 2 nitrogen and oxygen atoms in total. The molecule has 0 aromatic heterocycles. The van der Waals surface area contributed by atoms with Gasteiger partial charge in [-0.15, -0.1) is 0 Å². The Labute approximate surface area is 91.5 Å². The molecule has 0 unspecified atom stereocenters. The number of anilines is 1. The fourth-order valence-corrected chi connectivity index (χ4v) is 2.15. The van der Waals surface area contributed by atoms with Crippen LogP contribution in [0.5, 0.6) is 0 Å². The highest BCUT2D eigenvalue weighted by Crippen LogP contribution is 2.33. The molecule has 0 atom stereocenters. The lowest BCUT2D eigenvalue weighted by molar-refractivity contribution is 0.282. The highest BCUT2D eigenvalue weighted by Gasteiger charge is 2.28. The molecule has 1 aromatic carbocycles. The average molecular weight is 205 g/mol. The fraction of sp³-hybridized carbons (Fsp3) is 0.538. The van der Waals surface area contributed by atoms with Gasteiger partial charge in [0.15, 0.2) is 0 Å². The number of nitrogens with zero attached hydrogens (tertiary/aromatic N) is 1. The van der Waals surface area contributed by atoms with Gasteiger partial charge in [-0.1, -0.05) is 12.1 Å². The molecule has 0 aliphatic heterocycles. The van der Waals surface area contributed by atoms with E-state index in [2.05, 4.69) is 30.9 Å². The van der Waals surface area contributed by atoms with Crippen LogP contribution >= 0.6 is 0 Å². The largest absolute Gasteiger partial charge is 0.392 e. The minimum absolute atomic E-state index is 0.136. The molecule has 2 rings (SSSR count). The molecule has 0 bridgehead atoms. The Kier molecular flexibility index (Phi) is 2.96. The second-order valence-electron chi connectivity index (χ2n) is 4.30. The molecule has 0 radical (unpaired) electrons. The van der Waals surface area contributed by atoms with Crippen LogP contribution in [-0.2, 0) is 6.61 Å². The van der Waals surface area contributed by atoms with Gasteiger partial charge in [0.1, 0.15) is 0 Å². The molecule has 0 amide bonds. The summed E-state index contributed by atoms with van der Waals surface area (Å²) in [5.41, 5.74) is 3.61. The maximum atomic E-state index is 9.06. The van der Waals surface area contributed by atoms with Gasteiger partial charge < -0.3 is 10.0 Å². The van der Waals surface area contributed by atoms with E-state index in [1.54, 1.807) is 0 Å². The first-order valence-electron chi connectivity index (χ1n) is 5.73. The van der Waals surface area contributed by atoms with Crippen molar-refractivity contribution in [3.8, 4) is 0 Å². The summed E-state index contributed by atoms with van der Waals surface area (Å²) in [6.45, 7) is 5.54. The molecule has 1 aliphatic rings. The number of aliphatic hydroxyl groups excluding tert-OH is 1. The average Bonchev–Trinajstić information content (AvgIpc) is 3.05. The van der Waals surface area contributed by atoms with Crippen molar-refractivity contribution in [2.75, 3.05) is 11.4 Å². The van der Waals surface area contributed by atoms with Crippen LogP contribution in [0.3, 0.4) is 0 Å². The van der Waals surface area contributed by atoms with E-state index in [-0.39, 0.29) is 6.61 Å². The summed E-state index contributed by atoms with van der Waals surface area (Å²) in [6, 6.07) is 7.00. The van der Waals surface area contributed by atoms with Crippen molar-refractivity contribution < 1.29 is 5.11 Å². The Morgan fingerprint density at radius 1 is 1.40 bits per heavy atom. The standard InChI is InChI=1S/C13H19NO/c1-3-14(12-5-6-12)13-7-4-11(9-15)8-10(13)2/h4,7-8,12,15H,3,5-6,9H2,1-2H3. The Morgan fingerprint density at radius 3 is 2.60 bits per heavy atom. The number of aryl methyl sites for hydroxylation is 1. The van der Waals surface area contributed by atoms with Crippen LogP contribution in [0.2, 0.25) is 0 Å². The topological polar surface area (TPSA) is 23.5 Å². The highest BCUT2D eigenvalue weighted by atomic mass is 16.3. The SMILES string of the molecule is CCN(c1ccc(CO)cc1C)C1CC1. The molecule has 2 heteroatoms. The summed E-state index contributed by atoms with van der Waals surface area (Å²) < 4.78 is 0. The van der Waals surface area contributed by atoms with Gasteiger partial charge in [-0.3, -0.25) is 0 Å². The number of hydrogen-bond donors (Lipinski definition) is 1. The van der Waals surface area contributed by atoms with Crippen LogP contribution in [0.1, 0.15) is 30.9 Å². The van der Waals surface area contributed by atoms with Gasteiger partial charge in [-0.25, -0.2) is 0 Å². The monoisotopic (exact) mass is 205 g/mol.